The first kappa shape index (κ1) is 25.8. The molecule has 8 nitrogen and oxygen atoms in total. The van der Waals surface area contributed by atoms with Crippen LogP contribution in [-0.4, -0.2) is 49.1 Å². The van der Waals surface area contributed by atoms with E-state index in [9.17, 15) is 13.2 Å². The molecular formula is C25H29F3N4O4. The lowest BCUT2D eigenvalue weighted by Gasteiger charge is -2.29. The van der Waals surface area contributed by atoms with Crippen LogP contribution in [0, 0.1) is 6.92 Å². The second-order valence-electron chi connectivity index (χ2n) is 8.90. The molecule has 0 unspecified atom stereocenters. The number of alkyl halides is 3. The van der Waals surface area contributed by atoms with Gasteiger partial charge in [0.25, 0.3) is 0 Å². The summed E-state index contributed by atoms with van der Waals surface area (Å²) in [5.74, 6) is 0.686. The molecule has 1 saturated heterocycles. The number of aryl methyl sites for hydroxylation is 1. The van der Waals surface area contributed by atoms with Crippen LogP contribution in [0.25, 0.3) is 10.9 Å². The van der Waals surface area contributed by atoms with Crippen molar-refractivity contribution in [3.63, 3.8) is 0 Å². The maximum atomic E-state index is 13.6. The van der Waals surface area contributed by atoms with E-state index < -0.39 is 17.7 Å². The molecule has 11 heteroatoms. The van der Waals surface area contributed by atoms with Gasteiger partial charge in [-0.15, -0.1) is 0 Å². The van der Waals surface area contributed by atoms with Crippen molar-refractivity contribution in [2.75, 3.05) is 38.4 Å². The van der Waals surface area contributed by atoms with Gasteiger partial charge in [0.1, 0.15) is 24.4 Å². The SMILES string of the molecule is COc1cc2nc(C)nc(N)c2c([C@H](C)c2cc(N)cc(C(F)(F)F)c2)c1OC[C@@H](C)OC1COC1. The van der Waals surface area contributed by atoms with E-state index >= 15 is 0 Å². The topological polar surface area (TPSA) is 115 Å². The van der Waals surface area contributed by atoms with Crippen molar-refractivity contribution in [1.29, 1.82) is 0 Å². The van der Waals surface area contributed by atoms with Gasteiger partial charge in [-0.25, -0.2) is 9.97 Å². The van der Waals surface area contributed by atoms with Crippen LogP contribution in [0.4, 0.5) is 24.7 Å². The van der Waals surface area contributed by atoms with Crippen LogP contribution in [0.1, 0.15) is 42.3 Å². The Balaban J connectivity index is 1.85. The summed E-state index contributed by atoms with van der Waals surface area (Å²) < 4.78 is 63.5. The Bertz CT molecular complexity index is 1260. The van der Waals surface area contributed by atoms with E-state index in [1.54, 1.807) is 19.9 Å². The molecule has 0 spiro atoms. The molecule has 0 bridgehead atoms. The predicted molar refractivity (Wildman–Crippen MR) is 129 cm³/mol. The van der Waals surface area contributed by atoms with Gasteiger partial charge in [-0.3, -0.25) is 0 Å². The van der Waals surface area contributed by atoms with Gasteiger partial charge < -0.3 is 30.4 Å². The summed E-state index contributed by atoms with van der Waals surface area (Å²) in [7, 11) is 1.48. The first-order valence-corrected chi connectivity index (χ1v) is 11.5. The average Bonchev–Trinajstić information content (AvgIpc) is 2.77. The molecule has 0 aliphatic carbocycles. The van der Waals surface area contributed by atoms with Gasteiger partial charge >= 0.3 is 6.18 Å². The van der Waals surface area contributed by atoms with Crippen LogP contribution in [-0.2, 0) is 15.7 Å². The van der Waals surface area contributed by atoms with Crippen LogP contribution >= 0.6 is 0 Å². The minimum Gasteiger partial charge on any atom is -0.493 e. The Kier molecular flexibility index (Phi) is 7.14. The maximum Gasteiger partial charge on any atom is 0.416 e. The van der Waals surface area contributed by atoms with Crippen LogP contribution in [0.15, 0.2) is 24.3 Å². The van der Waals surface area contributed by atoms with Crippen molar-refractivity contribution in [1.82, 2.24) is 9.97 Å². The van der Waals surface area contributed by atoms with Gasteiger partial charge in [0, 0.05) is 23.2 Å². The largest absolute Gasteiger partial charge is 0.493 e. The first-order valence-electron chi connectivity index (χ1n) is 11.5. The second kappa shape index (κ2) is 9.98. The first-order chi connectivity index (χ1) is 17.0. The van der Waals surface area contributed by atoms with E-state index in [2.05, 4.69) is 9.97 Å². The number of rotatable bonds is 8. The lowest BCUT2D eigenvalue weighted by Crippen LogP contribution is -2.39. The van der Waals surface area contributed by atoms with E-state index in [0.717, 1.165) is 12.1 Å². The Morgan fingerprint density at radius 3 is 2.44 bits per heavy atom. The summed E-state index contributed by atoms with van der Waals surface area (Å²) in [4.78, 5) is 8.77. The fourth-order valence-corrected chi connectivity index (χ4v) is 4.26. The highest BCUT2D eigenvalue weighted by Crippen LogP contribution is 2.46. The van der Waals surface area contributed by atoms with Crippen molar-refractivity contribution in [3.8, 4) is 11.5 Å². The van der Waals surface area contributed by atoms with E-state index in [1.165, 1.54) is 13.2 Å². The smallest absolute Gasteiger partial charge is 0.416 e. The van der Waals surface area contributed by atoms with Gasteiger partial charge in [-0.2, -0.15) is 13.2 Å². The van der Waals surface area contributed by atoms with Crippen molar-refractivity contribution in [2.45, 2.75) is 45.1 Å². The highest BCUT2D eigenvalue weighted by atomic mass is 19.4. The molecule has 1 aliphatic rings. The Labute approximate surface area is 206 Å². The Morgan fingerprint density at radius 2 is 1.83 bits per heavy atom. The predicted octanol–water partition coefficient (Wildman–Crippen LogP) is 4.46. The zero-order chi connectivity index (χ0) is 26.2. The van der Waals surface area contributed by atoms with E-state index in [1.807, 2.05) is 6.92 Å². The summed E-state index contributed by atoms with van der Waals surface area (Å²) in [6.07, 6.45) is -4.84. The zero-order valence-electron chi connectivity index (χ0n) is 20.5. The molecule has 1 aromatic heterocycles. The lowest BCUT2D eigenvalue weighted by atomic mass is 9.88. The minimum atomic E-state index is -4.56. The summed E-state index contributed by atoms with van der Waals surface area (Å²) in [6.45, 7) is 6.53. The number of anilines is 2. The summed E-state index contributed by atoms with van der Waals surface area (Å²) >= 11 is 0. The van der Waals surface area contributed by atoms with Crippen molar-refractivity contribution in [3.05, 3.63) is 46.8 Å². The number of nitrogen functional groups attached to an aromatic ring is 2. The summed E-state index contributed by atoms with van der Waals surface area (Å²) in [6, 6.07) is 5.16. The highest BCUT2D eigenvalue weighted by molar-refractivity contribution is 5.95. The zero-order valence-corrected chi connectivity index (χ0v) is 20.5. The highest BCUT2D eigenvalue weighted by Gasteiger charge is 2.33. The third-order valence-corrected chi connectivity index (χ3v) is 6.03. The third kappa shape index (κ3) is 5.26. The lowest BCUT2D eigenvalue weighted by molar-refractivity contribution is -0.156. The van der Waals surface area contributed by atoms with Gasteiger partial charge in [0.2, 0.25) is 0 Å². The molecule has 1 aliphatic heterocycles. The van der Waals surface area contributed by atoms with E-state index in [-0.39, 0.29) is 30.3 Å². The molecule has 3 aromatic rings. The number of benzene rings is 2. The standard InChI is InChI=1S/C25H29F3N4O4/c1-12(36-18-10-34-11-18)9-35-23-20(33-4)8-19-22(24(30)32-14(3)31-19)21(23)13(2)15-5-16(25(26,27)28)7-17(29)6-15/h5-8,12-13,18H,9-11,29H2,1-4H3,(H2,30,31,32)/t12-,13-/m1/s1. The average molecular weight is 507 g/mol. The number of fused-ring (bicyclic) bond motifs is 1. The number of halogens is 3. The van der Waals surface area contributed by atoms with Crippen LogP contribution in [0.3, 0.4) is 0 Å². The van der Waals surface area contributed by atoms with Gasteiger partial charge in [0.05, 0.1) is 42.9 Å². The van der Waals surface area contributed by atoms with Gasteiger partial charge in [-0.05, 0) is 37.6 Å². The van der Waals surface area contributed by atoms with Crippen molar-refractivity contribution in [2.24, 2.45) is 0 Å². The molecule has 36 heavy (non-hydrogen) atoms. The molecule has 0 saturated carbocycles. The number of hydrogen-bond acceptors (Lipinski definition) is 8. The van der Waals surface area contributed by atoms with Crippen LogP contribution in [0.5, 0.6) is 11.5 Å². The number of aromatic nitrogens is 2. The molecule has 2 atom stereocenters. The fourth-order valence-electron chi connectivity index (χ4n) is 4.26. The summed E-state index contributed by atoms with van der Waals surface area (Å²) in [5.41, 5.74) is 12.6. The number of hydrogen-bond donors (Lipinski definition) is 2. The second-order valence-corrected chi connectivity index (χ2v) is 8.90. The van der Waals surface area contributed by atoms with Crippen LogP contribution in [0.2, 0.25) is 0 Å². The van der Waals surface area contributed by atoms with Crippen molar-refractivity contribution >= 4 is 22.4 Å². The minimum absolute atomic E-state index is 0.000552. The molecule has 4 rings (SSSR count). The molecule has 4 N–H and O–H groups in total. The molecular weight excluding hydrogens is 477 g/mol. The van der Waals surface area contributed by atoms with Crippen LogP contribution < -0.4 is 20.9 Å². The molecule has 0 amide bonds. The van der Waals surface area contributed by atoms with E-state index in [0.29, 0.717) is 52.6 Å². The number of methoxy groups -OCH3 is 1. The molecule has 194 valence electrons. The fraction of sp³-hybridized carbons (Fsp3) is 0.440. The Morgan fingerprint density at radius 1 is 1.11 bits per heavy atom. The Hall–Kier alpha value is -3.31. The molecule has 0 radical (unpaired) electrons. The number of nitrogens with zero attached hydrogens (tertiary/aromatic N) is 2. The van der Waals surface area contributed by atoms with Gasteiger partial charge in [-0.1, -0.05) is 6.92 Å². The van der Waals surface area contributed by atoms with Gasteiger partial charge in [0.15, 0.2) is 11.5 Å². The van der Waals surface area contributed by atoms with Crippen molar-refractivity contribution < 1.29 is 32.1 Å². The molecule has 1 fully saturated rings. The van der Waals surface area contributed by atoms with E-state index in [4.69, 9.17) is 30.4 Å². The molecule has 2 aromatic carbocycles. The summed E-state index contributed by atoms with van der Waals surface area (Å²) in [5, 5.41) is 0.473. The normalized spacial score (nSPS) is 16.0. The third-order valence-electron chi connectivity index (χ3n) is 6.03. The quantitative estimate of drug-likeness (QED) is 0.430. The monoisotopic (exact) mass is 506 g/mol. The molecule has 2 heterocycles. The number of nitrogens with two attached hydrogens (primary N) is 2. The number of ether oxygens (including phenoxy) is 4. The maximum absolute atomic E-state index is 13.6.